The van der Waals surface area contributed by atoms with E-state index in [9.17, 15) is 4.39 Å². The smallest absolute Gasteiger partial charge is 0.146 e. The standard InChI is InChI=1S/C13H19FN2/c1-15-10-11-5-6-12(14)13(9-11)16-7-3-2-4-8-16/h5-6,9,15H,2-4,7-8,10H2,1H3. The molecule has 1 aliphatic heterocycles. The van der Waals surface area contributed by atoms with Crippen LogP contribution in [-0.2, 0) is 6.54 Å². The summed E-state index contributed by atoms with van der Waals surface area (Å²) in [6.07, 6.45) is 3.62. The normalized spacial score (nSPS) is 16.5. The van der Waals surface area contributed by atoms with E-state index in [0.29, 0.717) is 0 Å². The Morgan fingerprint density at radius 2 is 2.00 bits per heavy atom. The van der Waals surface area contributed by atoms with Crippen LogP contribution in [0.2, 0.25) is 0 Å². The van der Waals surface area contributed by atoms with Crippen molar-refractivity contribution in [2.45, 2.75) is 25.8 Å². The lowest BCUT2D eigenvalue weighted by Crippen LogP contribution is -2.30. The lowest BCUT2D eigenvalue weighted by atomic mass is 10.1. The maximum Gasteiger partial charge on any atom is 0.146 e. The first-order chi connectivity index (χ1) is 7.81. The minimum Gasteiger partial charge on any atom is -0.369 e. The Hall–Kier alpha value is -1.09. The molecule has 1 N–H and O–H groups in total. The van der Waals surface area contributed by atoms with Gasteiger partial charge in [0.1, 0.15) is 5.82 Å². The molecule has 1 fully saturated rings. The molecule has 2 nitrogen and oxygen atoms in total. The predicted octanol–water partition coefficient (Wildman–Crippen LogP) is 2.54. The van der Waals surface area contributed by atoms with E-state index in [1.54, 1.807) is 6.07 Å². The number of piperidine rings is 1. The van der Waals surface area contributed by atoms with Gasteiger partial charge in [-0.15, -0.1) is 0 Å². The molecule has 2 rings (SSSR count). The van der Waals surface area contributed by atoms with Gasteiger partial charge in [-0.25, -0.2) is 4.39 Å². The Morgan fingerprint density at radius 1 is 1.25 bits per heavy atom. The lowest BCUT2D eigenvalue weighted by molar-refractivity contribution is 0.556. The van der Waals surface area contributed by atoms with Crippen molar-refractivity contribution in [2.24, 2.45) is 0 Å². The molecule has 3 heteroatoms. The highest BCUT2D eigenvalue weighted by Gasteiger charge is 2.14. The van der Waals surface area contributed by atoms with E-state index >= 15 is 0 Å². The molecule has 0 amide bonds. The third-order valence-corrected chi connectivity index (χ3v) is 3.09. The molecule has 1 saturated heterocycles. The molecule has 16 heavy (non-hydrogen) atoms. The lowest BCUT2D eigenvalue weighted by Gasteiger charge is -2.29. The summed E-state index contributed by atoms with van der Waals surface area (Å²) < 4.78 is 13.7. The summed E-state index contributed by atoms with van der Waals surface area (Å²) in [5.74, 6) is -0.0956. The van der Waals surface area contributed by atoms with Gasteiger partial charge in [0.2, 0.25) is 0 Å². The molecule has 1 heterocycles. The van der Waals surface area contributed by atoms with Crippen molar-refractivity contribution in [3.05, 3.63) is 29.6 Å². The molecule has 1 aliphatic rings. The molecule has 1 aromatic carbocycles. The Labute approximate surface area is 96.5 Å². The Morgan fingerprint density at radius 3 is 2.69 bits per heavy atom. The minimum atomic E-state index is -0.0956. The molecule has 0 unspecified atom stereocenters. The highest BCUT2D eigenvalue weighted by molar-refractivity contribution is 5.50. The fourth-order valence-electron chi connectivity index (χ4n) is 2.25. The van der Waals surface area contributed by atoms with E-state index in [-0.39, 0.29) is 5.82 Å². The van der Waals surface area contributed by atoms with Crippen LogP contribution in [0.5, 0.6) is 0 Å². The van der Waals surface area contributed by atoms with E-state index in [1.165, 1.54) is 19.3 Å². The molecule has 0 aromatic heterocycles. The van der Waals surface area contributed by atoms with Crippen LogP contribution in [-0.4, -0.2) is 20.1 Å². The highest BCUT2D eigenvalue weighted by atomic mass is 19.1. The summed E-state index contributed by atoms with van der Waals surface area (Å²) in [6, 6.07) is 5.40. The summed E-state index contributed by atoms with van der Waals surface area (Å²) in [5.41, 5.74) is 1.91. The van der Waals surface area contributed by atoms with E-state index in [0.717, 1.165) is 30.9 Å². The number of benzene rings is 1. The van der Waals surface area contributed by atoms with E-state index in [1.807, 2.05) is 19.2 Å². The number of halogens is 1. The van der Waals surface area contributed by atoms with Crippen molar-refractivity contribution in [1.82, 2.24) is 5.32 Å². The van der Waals surface area contributed by atoms with Crippen molar-refractivity contribution in [1.29, 1.82) is 0 Å². The first-order valence-corrected chi connectivity index (χ1v) is 5.99. The largest absolute Gasteiger partial charge is 0.369 e. The van der Waals surface area contributed by atoms with Gasteiger partial charge >= 0.3 is 0 Å². The quantitative estimate of drug-likeness (QED) is 0.845. The Bertz CT molecular complexity index is 346. The van der Waals surface area contributed by atoms with Gasteiger partial charge in [-0.05, 0) is 44.0 Å². The van der Waals surface area contributed by atoms with Crippen molar-refractivity contribution in [2.75, 3.05) is 25.0 Å². The molecule has 1 aromatic rings. The van der Waals surface area contributed by atoms with Crippen LogP contribution >= 0.6 is 0 Å². The maximum atomic E-state index is 13.7. The Balaban J connectivity index is 2.19. The van der Waals surface area contributed by atoms with Gasteiger partial charge in [0.05, 0.1) is 5.69 Å². The van der Waals surface area contributed by atoms with Crippen LogP contribution in [0.25, 0.3) is 0 Å². The molecular formula is C13H19FN2. The maximum absolute atomic E-state index is 13.7. The van der Waals surface area contributed by atoms with Gasteiger partial charge in [-0.1, -0.05) is 6.07 Å². The number of anilines is 1. The van der Waals surface area contributed by atoms with Crippen LogP contribution in [0.15, 0.2) is 18.2 Å². The number of nitrogens with zero attached hydrogens (tertiary/aromatic N) is 1. The zero-order chi connectivity index (χ0) is 11.4. The number of hydrogen-bond donors (Lipinski definition) is 1. The zero-order valence-corrected chi connectivity index (χ0v) is 9.80. The third-order valence-electron chi connectivity index (χ3n) is 3.09. The number of hydrogen-bond acceptors (Lipinski definition) is 2. The molecule has 0 saturated carbocycles. The summed E-state index contributed by atoms with van der Waals surface area (Å²) in [4.78, 5) is 2.16. The molecule has 0 aliphatic carbocycles. The van der Waals surface area contributed by atoms with Gasteiger partial charge in [0.15, 0.2) is 0 Å². The molecule has 0 atom stereocenters. The monoisotopic (exact) mass is 222 g/mol. The Kier molecular flexibility index (Phi) is 3.78. The van der Waals surface area contributed by atoms with Crippen molar-refractivity contribution < 1.29 is 4.39 Å². The zero-order valence-electron chi connectivity index (χ0n) is 9.80. The predicted molar refractivity (Wildman–Crippen MR) is 65.2 cm³/mol. The van der Waals surface area contributed by atoms with E-state index in [2.05, 4.69) is 10.2 Å². The number of rotatable bonds is 3. The van der Waals surface area contributed by atoms with Crippen molar-refractivity contribution >= 4 is 5.69 Å². The molecule has 0 spiro atoms. The first kappa shape index (κ1) is 11.4. The first-order valence-electron chi connectivity index (χ1n) is 5.99. The average Bonchev–Trinajstić information content (AvgIpc) is 2.33. The number of nitrogens with one attached hydrogen (secondary N) is 1. The van der Waals surface area contributed by atoms with E-state index < -0.39 is 0 Å². The molecular weight excluding hydrogens is 203 g/mol. The fraction of sp³-hybridized carbons (Fsp3) is 0.538. The molecule has 88 valence electrons. The summed E-state index contributed by atoms with van der Waals surface area (Å²) in [6.45, 7) is 2.76. The molecule has 0 radical (unpaired) electrons. The third kappa shape index (κ3) is 2.53. The SMILES string of the molecule is CNCc1ccc(F)c(N2CCCCC2)c1. The summed E-state index contributed by atoms with van der Waals surface area (Å²) in [7, 11) is 1.91. The van der Waals surface area contributed by atoms with Gasteiger partial charge in [0.25, 0.3) is 0 Å². The van der Waals surface area contributed by atoms with E-state index in [4.69, 9.17) is 0 Å². The van der Waals surface area contributed by atoms with Gasteiger partial charge in [-0.2, -0.15) is 0 Å². The fourth-order valence-corrected chi connectivity index (χ4v) is 2.25. The van der Waals surface area contributed by atoms with Crippen molar-refractivity contribution in [3.8, 4) is 0 Å². The highest BCUT2D eigenvalue weighted by Crippen LogP contribution is 2.24. The second-order valence-electron chi connectivity index (χ2n) is 4.36. The second-order valence-corrected chi connectivity index (χ2v) is 4.36. The van der Waals surface area contributed by atoms with Crippen LogP contribution in [0.3, 0.4) is 0 Å². The second kappa shape index (κ2) is 5.30. The van der Waals surface area contributed by atoms with Crippen LogP contribution < -0.4 is 10.2 Å². The van der Waals surface area contributed by atoms with Gasteiger partial charge in [-0.3, -0.25) is 0 Å². The van der Waals surface area contributed by atoms with Crippen LogP contribution in [0, 0.1) is 5.82 Å². The average molecular weight is 222 g/mol. The van der Waals surface area contributed by atoms with Gasteiger partial charge in [0, 0.05) is 19.6 Å². The topological polar surface area (TPSA) is 15.3 Å². The van der Waals surface area contributed by atoms with Crippen molar-refractivity contribution in [3.63, 3.8) is 0 Å². The van der Waals surface area contributed by atoms with Crippen LogP contribution in [0.1, 0.15) is 24.8 Å². The summed E-state index contributed by atoms with van der Waals surface area (Å²) in [5, 5.41) is 3.09. The van der Waals surface area contributed by atoms with Crippen LogP contribution in [0.4, 0.5) is 10.1 Å². The minimum absolute atomic E-state index is 0.0956. The summed E-state index contributed by atoms with van der Waals surface area (Å²) >= 11 is 0. The molecule has 0 bridgehead atoms. The van der Waals surface area contributed by atoms with Gasteiger partial charge < -0.3 is 10.2 Å².